The number of carboxylic acids is 1. The molecule has 4 nitrogen and oxygen atoms in total. The zero-order chi connectivity index (χ0) is 13.3. The molecule has 2 saturated carbocycles. The van der Waals surface area contributed by atoms with Crippen LogP contribution in [0.2, 0.25) is 0 Å². The van der Waals surface area contributed by atoms with Gasteiger partial charge in [0.1, 0.15) is 6.10 Å². The third kappa shape index (κ3) is 1.03. The highest BCUT2D eigenvalue weighted by molar-refractivity contribution is 6.02. The summed E-state index contributed by atoms with van der Waals surface area (Å²) in [5, 5.41) is 9.52. The molecule has 3 rings (SSSR count). The van der Waals surface area contributed by atoms with E-state index in [1.165, 1.54) is 0 Å². The molecule has 4 heteroatoms. The van der Waals surface area contributed by atoms with Crippen LogP contribution in [0.5, 0.6) is 0 Å². The van der Waals surface area contributed by atoms with Crippen LogP contribution >= 0.6 is 0 Å². The lowest BCUT2D eigenvalue weighted by molar-refractivity contribution is -0.163. The van der Waals surface area contributed by atoms with Gasteiger partial charge in [-0.05, 0) is 30.6 Å². The number of carboxylic acid groups (broad SMARTS) is 1. The molecule has 98 valence electrons. The largest absolute Gasteiger partial charge is 0.480 e. The lowest BCUT2D eigenvalue weighted by Gasteiger charge is -2.53. The topological polar surface area (TPSA) is 63.6 Å². The van der Waals surface area contributed by atoms with E-state index in [9.17, 15) is 14.7 Å². The lowest BCUT2D eigenvalue weighted by atomic mass is 9.48. The predicted molar refractivity (Wildman–Crippen MR) is 63.7 cm³/mol. The second-order valence-electron chi connectivity index (χ2n) is 6.28. The minimum atomic E-state index is -1.36. The van der Waals surface area contributed by atoms with Crippen LogP contribution < -0.4 is 0 Å². The summed E-state index contributed by atoms with van der Waals surface area (Å²) in [4.78, 5) is 23.7. The molecule has 3 aliphatic rings. The Labute approximate surface area is 106 Å². The van der Waals surface area contributed by atoms with Gasteiger partial charge >= 0.3 is 11.9 Å². The van der Waals surface area contributed by atoms with Crippen molar-refractivity contribution in [2.24, 2.45) is 22.7 Å². The van der Waals surface area contributed by atoms with Gasteiger partial charge in [-0.25, -0.2) is 0 Å². The normalized spacial score (nSPS) is 50.0. The van der Waals surface area contributed by atoms with Crippen molar-refractivity contribution in [2.75, 3.05) is 0 Å². The van der Waals surface area contributed by atoms with E-state index < -0.39 is 17.4 Å². The van der Waals surface area contributed by atoms with E-state index in [4.69, 9.17) is 4.74 Å². The quantitative estimate of drug-likeness (QED) is 0.439. The average Bonchev–Trinajstić information content (AvgIpc) is 2.58. The fraction of sp³-hybridized carbons (Fsp3) is 0.714. The van der Waals surface area contributed by atoms with E-state index in [-0.39, 0.29) is 17.4 Å². The Hall–Kier alpha value is -1.32. The van der Waals surface area contributed by atoms with Crippen molar-refractivity contribution in [1.82, 2.24) is 0 Å². The van der Waals surface area contributed by atoms with Crippen molar-refractivity contribution in [3.05, 3.63) is 12.2 Å². The lowest BCUT2D eigenvalue weighted by Crippen LogP contribution is -2.54. The Bertz CT molecular complexity index is 468. The zero-order valence-electron chi connectivity index (χ0n) is 10.7. The third-order valence-electron chi connectivity index (χ3n) is 5.73. The molecule has 1 saturated heterocycles. The van der Waals surface area contributed by atoms with Gasteiger partial charge in [-0.3, -0.25) is 9.59 Å². The SMILES string of the molecule is C=C1[C@H]2[C@H]3C[C@H](C)[C@@]1(C)CC[C@]2(C(=O)O)C(=O)O3. The second-order valence-corrected chi connectivity index (χ2v) is 6.28. The first-order chi connectivity index (χ1) is 8.34. The van der Waals surface area contributed by atoms with Crippen molar-refractivity contribution < 1.29 is 19.4 Å². The summed E-state index contributed by atoms with van der Waals surface area (Å²) in [5.74, 6) is -1.55. The highest BCUT2D eigenvalue weighted by atomic mass is 16.6. The molecule has 2 bridgehead atoms. The van der Waals surface area contributed by atoms with Crippen LogP contribution in [-0.4, -0.2) is 23.1 Å². The van der Waals surface area contributed by atoms with E-state index in [0.717, 1.165) is 12.0 Å². The highest BCUT2D eigenvalue weighted by Gasteiger charge is 2.70. The van der Waals surface area contributed by atoms with Gasteiger partial charge in [-0.2, -0.15) is 0 Å². The summed E-state index contributed by atoms with van der Waals surface area (Å²) in [5.41, 5.74) is -0.499. The molecule has 18 heavy (non-hydrogen) atoms. The first-order valence-corrected chi connectivity index (χ1v) is 6.48. The van der Waals surface area contributed by atoms with Gasteiger partial charge in [0.25, 0.3) is 0 Å². The molecule has 0 aromatic heterocycles. The molecule has 1 heterocycles. The van der Waals surface area contributed by atoms with E-state index >= 15 is 0 Å². The zero-order valence-corrected chi connectivity index (χ0v) is 10.7. The molecule has 0 unspecified atom stereocenters. The standard InChI is InChI=1S/C14H18O4/c1-7-6-9-10-8(2)13(7,3)4-5-14(10,11(15)16)12(17)18-9/h7,9-10H,2,4-6H2,1,3H3,(H,15,16)/t7-,9+,10-,13+,14-/m0/s1. The van der Waals surface area contributed by atoms with Crippen LogP contribution in [0.3, 0.4) is 0 Å². The third-order valence-corrected chi connectivity index (χ3v) is 5.73. The van der Waals surface area contributed by atoms with Crippen LogP contribution in [-0.2, 0) is 14.3 Å². The van der Waals surface area contributed by atoms with Crippen LogP contribution in [0.1, 0.15) is 33.1 Å². The Morgan fingerprint density at radius 1 is 1.50 bits per heavy atom. The van der Waals surface area contributed by atoms with Crippen molar-refractivity contribution >= 4 is 11.9 Å². The number of carbonyl (C=O) groups excluding carboxylic acids is 1. The van der Waals surface area contributed by atoms with Crippen molar-refractivity contribution in [3.63, 3.8) is 0 Å². The number of carbonyl (C=O) groups is 2. The smallest absolute Gasteiger partial charge is 0.324 e. The summed E-state index contributed by atoms with van der Waals surface area (Å²) in [7, 11) is 0. The molecule has 1 N–H and O–H groups in total. The molecule has 0 radical (unpaired) electrons. The fourth-order valence-electron chi connectivity index (χ4n) is 4.19. The van der Waals surface area contributed by atoms with E-state index in [2.05, 4.69) is 20.4 Å². The molecular formula is C14H18O4. The fourth-order valence-corrected chi connectivity index (χ4v) is 4.19. The molecule has 0 aromatic carbocycles. The molecule has 3 fully saturated rings. The molecule has 0 spiro atoms. The summed E-state index contributed by atoms with van der Waals surface area (Å²) < 4.78 is 5.37. The van der Waals surface area contributed by atoms with Crippen molar-refractivity contribution in [2.45, 2.75) is 39.2 Å². The van der Waals surface area contributed by atoms with Gasteiger partial charge in [-0.15, -0.1) is 0 Å². The maximum Gasteiger partial charge on any atom is 0.324 e. The number of hydrogen-bond acceptors (Lipinski definition) is 3. The predicted octanol–water partition coefficient (Wildman–Crippen LogP) is 2.00. The average molecular weight is 250 g/mol. The minimum Gasteiger partial charge on any atom is -0.480 e. The number of ether oxygens (including phenoxy) is 1. The van der Waals surface area contributed by atoms with Crippen LogP contribution in [0, 0.1) is 22.7 Å². The number of rotatable bonds is 1. The number of hydrogen-bond donors (Lipinski definition) is 1. The molecule has 0 amide bonds. The van der Waals surface area contributed by atoms with Gasteiger partial charge in [0.15, 0.2) is 5.41 Å². The minimum absolute atomic E-state index is 0.0475. The Morgan fingerprint density at radius 3 is 2.78 bits per heavy atom. The monoisotopic (exact) mass is 250 g/mol. The van der Waals surface area contributed by atoms with Gasteiger partial charge < -0.3 is 9.84 Å². The summed E-state index contributed by atoms with van der Waals surface area (Å²) in [6, 6.07) is 0. The molecule has 0 aromatic rings. The van der Waals surface area contributed by atoms with Gasteiger partial charge in [-0.1, -0.05) is 26.0 Å². The molecule has 1 aliphatic heterocycles. The maximum absolute atomic E-state index is 12.1. The number of fused-ring (bicyclic) bond motifs is 1. The highest BCUT2D eigenvalue weighted by Crippen LogP contribution is 2.64. The summed E-state index contributed by atoms with van der Waals surface area (Å²) in [6.07, 6.45) is 1.55. The van der Waals surface area contributed by atoms with Gasteiger partial charge in [0, 0.05) is 5.92 Å². The molecule has 5 atom stereocenters. The maximum atomic E-state index is 12.1. The molecule has 2 aliphatic carbocycles. The van der Waals surface area contributed by atoms with E-state index in [1.807, 2.05) is 0 Å². The first kappa shape index (κ1) is 11.8. The van der Waals surface area contributed by atoms with Crippen molar-refractivity contribution in [3.8, 4) is 0 Å². The first-order valence-electron chi connectivity index (χ1n) is 6.48. The van der Waals surface area contributed by atoms with E-state index in [1.54, 1.807) is 0 Å². The molecular weight excluding hydrogens is 232 g/mol. The van der Waals surface area contributed by atoms with Gasteiger partial charge in [0.2, 0.25) is 0 Å². The number of aliphatic carboxylic acids is 1. The Balaban J connectivity index is 2.16. The van der Waals surface area contributed by atoms with Crippen LogP contribution in [0.4, 0.5) is 0 Å². The number of esters is 1. The van der Waals surface area contributed by atoms with E-state index in [0.29, 0.717) is 18.8 Å². The summed E-state index contributed by atoms with van der Waals surface area (Å²) in [6.45, 7) is 8.41. The Morgan fingerprint density at radius 2 is 2.17 bits per heavy atom. The van der Waals surface area contributed by atoms with Crippen molar-refractivity contribution in [1.29, 1.82) is 0 Å². The van der Waals surface area contributed by atoms with Gasteiger partial charge in [0.05, 0.1) is 0 Å². The second kappa shape index (κ2) is 3.16. The summed E-state index contributed by atoms with van der Waals surface area (Å²) >= 11 is 0. The van der Waals surface area contributed by atoms with Crippen LogP contribution in [0.15, 0.2) is 12.2 Å². The Kier molecular flexibility index (Phi) is 2.07. The van der Waals surface area contributed by atoms with Crippen LogP contribution in [0.25, 0.3) is 0 Å².